The minimum atomic E-state index is -0.0923. The molecule has 1 saturated carbocycles. The van der Waals surface area contributed by atoms with Gasteiger partial charge in [0, 0.05) is 13.1 Å². The predicted molar refractivity (Wildman–Crippen MR) is 75.7 cm³/mol. The molecule has 0 amide bonds. The number of nitrogens with one attached hydrogen (secondary N) is 2. The normalized spacial score (nSPS) is 22.7. The fourth-order valence-electron chi connectivity index (χ4n) is 2.44. The van der Waals surface area contributed by atoms with Crippen molar-refractivity contribution in [3.05, 3.63) is 21.6 Å². The van der Waals surface area contributed by atoms with Gasteiger partial charge in [-0.05, 0) is 44.2 Å². The molecule has 1 atom stereocenters. The molecule has 2 heterocycles. The highest BCUT2D eigenvalue weighted by Crippen LogP contribution is 2.30. The van der Waals surface area contributed by atoms with Crippen LogP contribution in [-0.4, -0.2) is 29.4 Å². The molecule has 1 aliphatic heterocycles. The predicted octanol–water partition coefficient (Wildman–Crippen LogP) is 1.33. The molecule has 5 nitrogen and oxygen atoms in total. The average Bonchev–Trinajstić information content (AvgIpc) is 3.06. The van der Waals surface area contributed by atoms with E-state index in [0.29, 0.717) is 22.5 Å². The Morgan fingerprint density at radius 2 is 2.26 bits per heavy atom. The second-order valence-corrected chi connectivity index (χ2v) is 5.95. The standard InChI is InChI=1S/C13H19ClN4O/c14-11-7-17-18(8-9-1-2-9)13(19)12(11)16-6-10-3-4-15-5-10/h7,9-10,15-16H,1-6,8H2. The molecule has 1 aliphatic carbocycles. The van der Waals surface area contributed by atoms with Crippen LogP contribution in [0.15, 0.2) is 11.0 Å². The van der Waals surface area contributed by atoms with Crippen molar-refractivity contribution in [3.63, 3.8) is 0 Å². The lowest BCUT2D eigenvalue weighted by Crippen LogP contribution is -2.28. The van der Waals surface area contributed by atoms with Gasteiger partial charge in [-0.25, -0.2) is 4.68 Å². The molecule has 104 valence electrons. The SMILES string of the molecule is O=c1c(NCC2CCNC2)c(Cl)cnn1CC1CC1. The van der Waals surface area contributed by atoms with Crippen LogP contribution in [0.1, 0.15) is 19.3 Å². The molecule has 0 spiro atoms. The Bertz CT molecular complexity index is 506. The summed E-state index contributed by atoms with van der Waals surface area (Å²) in [5.41, 5.74) is 0.412. The Labute approximate surface area is 117 Å². The molecule has 1 unspecified atom stereocenters. The molecule has 2 N–H and O–H groups in total. The van der Waals surface area contributed by atoms with Gasteiger partial charge in [0.25, 0.3) is 5.56 Å². The highest BCUT2D eigenvalue weighted by Gasteiger charge is 2.24. The van der Waals surface area contributed by atoms with E-state index in [4.69, 9.17) is 11.6 Å². The highest BCUT2D eigenvalue weighted by molar-refractivity contribution is 6.32. The van der Waals surface area contributed by atoms with Gasteiger partial charge < -0.3 is 10.6 Å². The third-order valence-corrected chi connectivity index (χ3v) is 4.14. The van der Waals surface area contributed by atoms with Gasteiger partial charge in [-0.3, -0.25) is 4.79 Å². The summed E-state index contributed by atoms with van der Waals surface area (Å²) in [5, 5.41) is 11.1. The molecule has 0 radical (unpaired) electrons. The molecule has 1 aromatic rings. The summed E-state index contributed by atoms with van der Waals surface area (Å²) in [6.45, 7) is 3.57. The molecule has 1 saturated heterocycles. The van der Waals surface area contributed by atoms with Crippen LogP contribution in [0.4, 0.5) is 5.69 Å². The van der Waals surface area contributed by atoms with Crippen LogP contribution in [-0.2, 0) is 6.54 Å². The first-order chi connectivity index (χ1) is 9.24. The number of hydrogen-bond donors (Lipinski definition) is 2. The summed E-state index contributed by atoms with van der Waals surface area (Å²) in [5.74, 6) is 1.19. The molecule has 2 aliphatic rings. The molecular weight excluding hydrogens is 264 g/mol. The molecule has 0 aromatic carbocycles. The second kappa shape index (κ2) is 5.51. The quantitative estimate of drug-likeness (QED) is 0.855. The third-order valence-electron chi connectivity index (χ3n) is 3.86. The molecule has 2 fully saturated rings. The van der Waals surface area contributed by atoms with Crippen LogP contribution < -0.4 is 16.2 Å². The van der Waals surface area contributed by atoms with Gasteiger partial charge in [0.15, 0.2) is 0 Å². The van der Waals surface area contributed by atoms with Crippen molar-refractivity contribution in [1.29, 1.82) is 0 Å². The number of anilines is 1. The van der Waals surface area contributed by atoms with Gasteiger partial charge >= 0.3 is 0 Å². The minimum Gasteiger partial charge on any atom is -0.379 e. The Hall–Kier alpha value is -1.07. The van der Waals surface area contributed by atoms with E-state index in [1.807, 2.05) is 0 Å². The summed E-state index contributed by atoms with van der Waals surface area (Å²) >= 11 is 6.09. The molecule has 19 heavy (non-hydrogen) atoms. The first kappa shape index (κ1) is 12.9. The van der Waals surface area contributed by atoms with Crippen molar-refractivity contribution in [2.45, 2.75) is 25.8 Å². The molecule has 3 rings (SSSR count). The van der Waals surface area contributed by atoms with Crippen molar-refractivity contribution in [3.8, 4) is 0 Å². The lowest BCUT2D eigenvalue weighted by molar-refractivity contribution is 0.533. The maximum atomic E-state index is 12.3. The first-order valence-corrected chi connectivity index (χ1v) is 7.32. The average molecular weight is 283 g/mol. The van der Waals surface area contributed by atoms with Crippen molar-refractivity contribution < 1.29 is 0 Å². The van der Waals surface area contributed by atoms with E-state index < -0.39 is 0 Å². The van der Waals surface area contributed by atoms with Crippen LogP contribution >= 0.6 is 11.6 Å². The van der Waals surface area contributed by atoms with E-state index in [0.717, 1.165) is 32.6 Å². The van der Waals surface area contributed by atoms with Crippen LogP contribution in [0, 0.1) is 11.8 Å². The smallest absolute Gasteiger partial charge is 0.291 e. The topological polar surface area (TPSA) is 59.0 Å². The van der Waals surface area contributed by atoms with E-state index in [2.05, 4.69) is 15.7 Å². The van der Waals surface area contributed by atoms with E-state index in [1.54, 1.807) is 10.9 Å². The van der Waals surface area contributed by atoms with Gasteiger partial charge in [-0.1, -0.05) is 11.6 Å². The summed E-state index contributed by atoms with van der Waals surface area (Å²) in [4.78, 5) is 12.3. The van der Waals surface area contributed by atoms with Crippen molar-refractivity contribution in [2.24, 2.45) is 11.8 Å². The van der Waals surface area contributed by atoms with Crippen molar-refractivity contribution >= 4 is 17.3 Å². The lowest BCUT2D eigenvalue weighted by Gasteiger charge is -2.13. The van der Waals surface area contributed by atoms with E-state index in [9.17, 15) is 4.79 Å². The fraction of sp³-hybridized carbons (Fsp3) is 0.692. The zero-order valence-corrected chi connectivity index (χ0v) is 11.6. The van der Waals surface area contributed by atoms with Crippen LogP contribution in [0.5, 0.6) is 0 Å². The summed E-state index contributed by atoms with van der Waals surface area (Å²) in [7, 11) is 0. The van der Waals surface area contributed by atoms with E-state index >= 15 is 0 Å². The maximum absolute atomic E-state index is 12.3. The number of nitrogens with zero attached hydrogens (tertiary/aromatic N) is 2. The zero-order chi connectivity index (χ0) is 13.2. The first-order valence-electron chi connectivity index (χ1n) is 6.94. The largest absolute Gasteiger partial charge is 0.379 e. The molecule has 1 aromatic heterocycles. The summed E-state index contributed by atoms with van der Waals surface area (Å²) in [6.07, 6.45) is 5.12. The number of rotatable bonds is 5. The monoisotopic (exact) mass is 282 g/mol. The Kier molecular flexibility index (Phi) is 3.75. The van der Waals surface area contributed by atoms with Gasteiger partial charge in [0.05, 0.1) is 11.2 Å². The van der Waals surface area contributed by atoms with Crippen molar-refractivity contribution in [2.75, 3.05) is 25.0 Å². The second-order valence-electron chi connectivity index (χ2n) is 5.54. The Morgan fingerprint density at radius 3 is 2.95 bits per heavy atom. The minimum absolute atomic E-state index is 0.0923. The highest BCUT2D eigenvalue weighted by atomic mass is 35.5. The van der Waals surface area contributed by atoms with Crippen LogP contribution in [0.2, 0.25) is 5.02 Å². The molecule has 6 heteroatoms. The molecule has 0 bridgehead atoms. The Morgan fingerprint density at radius 1 is 1.42 bits per heavy atom. The van der Waals surface area contributed by atoms with Gasteiger partial charge in [-0.15, -0.1) is 0 Å². The zero-order valence-electron chi connectivity index (χ0n) is 10.9. The van der Waals surface area contributed by atoms with Gasteiger partial charge in [0.1, 0.15) is 5.69 Å². The molecular formula is C13H19ClN4O. The maximum Gasteiger partial charge on any atom is 0.291 e. The van der Waals surface area contributed by atoms with Gasteiger partial charge in [0.2, 0.25) is 0 Å². The Balaban J connectivity index is 1.72. The number of halogens is 1. The third kappa shape index (κ3) is 3.09. The van der Waals surface area contributed by atoms with E-state index in [1.165, 1.54) is 12.8 Å². The number of hydrogen-bond acceptors (Lipinski definition) is 4. The summed E-state index contributed by atoms with van der Waals surface area (Å²) < 4.78 is 1.54. The van der Waals surface area contributed by atoms with E-state index in [-0.39, 0.29) is 5.56 Å². The fourth-order valence-corrected chi connectivity index (χ4v) is 2.63. The van der Waals surface area contributed by atoms with Gasteiger partial charge in [-0.2, -0.15) is 5.10 Å². The summed E-state index contributed by atoms with van der Waals surface area (Å²) in [6, 6.07) is 0. The van der Waals surface area contributed by atoms with Crippen LogP contribution in [0.25, 0.3) is 0 Å². The lowest BCUT2D eigenvalue weighted by atomic mass is 10.1. The van der Waals surface area contributed by atoms with Crippen molar-refractivity contribution in [1.82, 2.24) is 15.1 Å². The van der Waals surface area contributed by atoms with Crippen LogP contribution in [0.3, 0.4) is 0 Å². The number of aromatic nitrogens is 2.